The molecule has 114 valence electrons. The Bertz CT molecular complexity index is 727. The number of benzene rings is 2. The maximum absolute atomic E-state index is 11.2. The lowest BCUT2D eigenvalue weighted by Gasteiger charge is -2.08. The summed E-state index contributed by atoms with van der Waals surface area (Å²) in [6.45, 7) is 2.97. The number of aliphatic hydroxyl groups excluding tert-OH is 1. The largest absolute Gasteiger partial charge is 0.508 e. The van der Waals surface area contributed by atoms with E-state index in [-0.39, 0.29) is 18.3 Å². The predicted molar refractivity (Wildman–Crippen MR) is 83.7 cm³/mol. The van der Waals surface area contributed by atoms with Crippen molar-refractivity contribution in [1.29, 1.82) is 0 Å². The van der Waals surface area contributed by atoms with Crippen molar-refractivity contribution in [2.75, 3.05) is 5.32 Å². The summed E-state index contributed by atoms with van der Waals surface area (Å²) in [6.07, 6.45) is 0. The van der Waals surface area contributed by atoms with E-state index in [9.17, 15) is 15.0 Å². The van der Waals surface area contributed by atoms with E-state index in [1.54, 1.807) is 37.3 Å². The van der Waals surface area contributed by atoms with E-state index in [0.29, 0.717) is 28.2 Å². The maximum atomic E-state index is 11.2. The molecule has 0 unspecified atom stereocenters. The summed E-state index contributed by atoms with van der Waals surface area (Å²) in [5.74, 6) is -0.200. The molecule has 6 nitrogen and oxygen atoms in total. The number of hydrogen-bond acceptors (Lipinski definition) is 5. The fourth-order valence-electron chi connectivity index (χ4n) is 1.90. The molecule has 0 aliphatic carbocycles. The molecule has 0 radical (unpaired) electrons. The number of rotatable bonds is 4. The molecule has 0 aliphatic rings. The van der Waals surface area contributed by atoms with Gasteiger partial charge in [0.25, 0.3) is 0 Å². The quantitative estimate of drug-likeness (QED) is 0.753. The Morgan fingerprint density at radius 2 is 1.86 bits per heavy atom. The van der Waals surface area contributed by atoms with Crippen LogP contribution < -0.4 is 5.32 Å². The van der Waals surface area contributed by atoms with Crippen LogP contribution in [0.25, 0.3) is 0 Å². The summed E-state index contributed by atoms with van der Waals surface area (Å²) >= 11 is 0. The first-order valence-electron chi connectivity index (χ1n) is 6.73. The van der Waals surface area contributed by atoms with Gasteiger partial charge in [-0.15, -0.1) is 5.11 Å². The number of anilines is 1. The lowest BCUT2D eigenvalue weighted by atomic mass is 10.1. The van der Waals surface area contributed by atoms with Crippen molar-refractivity contribution in [3.05, 3.63) is 47.5 Å². The van der Waals surface area contributed by atoms with Crippen molar-refractivity contribution in [3.63, 3.8) is 0 Å². The van der Waals surface area contributed by atoms with Crippen LogP contribution >= 0.6 is 0 Å². The third-order valence-electron chi connectivity index (χ3n) is 3.05. The Morgan fingerprint density at radius 3 is 2.55 bits per heavy atom. The molecule has 0 aliphatic heterocycles. The van der Waals surface area contributed by atoms with Crippen LogP contribution in [0.2, 0.25) is 0 Å². The molecule has 0 heterocycles. The van der Waals surface area contributed by atoms with Crippen molar-refractivity contribution in [2.45, 2.75) is 20.5 Å². The number of nitrogens with zero attached hydrogens (tertiary/aromatic N) is 2. The third-order valence-corrected chi connectivity index (χ3v) is 3.05. The van der Waals surface area contributed by atoms with Gasteiger partial charge < -0.3 is 15.5 Å². The van der Waals surface area contributed by atoms with Crippen molar-refractivity contribution in [1.82, 2.24) is 0 Å². The van der Waals surface area contributed by atoms with Crippen LogP contribution in [0, 0.1) is 6.92 Å². The number of aliphatic hydroxyl groups is 1. The van der Waals surface area contributed by atoms with Gasteiger partial charge in [-0.25, -0.2) is 0 Å². The van der Waals surface area contributed by atoms with Gasteiger partial charge in [0.15, 0.2) is 0 Å². The van der Waals surface area contributed by atoms with E-state index in [1.165, 1.54) is 13.0 Å². The van der Waals surface area contributed by atoms with Gasteiger partial charge in [-0.2, -0.15) is 5.11 Å². The Balaban J connectivity index is 2.41. The minimum atomic E-state index is -0.268. The minimum Gasteiger partial charge on any atom is -0.508 e. The topological polar surface area (TPSA) is 94.3 Å². The van der Waals surface area contributed by atoms with Gasteiger partial charge in [-0.3, -0.25) is 4.79 Å². The highest BCUT2D eigenvalue weighted by molar-refractivity contribution is 5.92. The second-order valence-electron chi connectivity index (χ2n) is 4.82. The normalized spacial score (nSPS) is 10.9. The number of azo groups is 1. The smallest absolute Gasteiger partial charge is 0.221 e. The molecule has 22 heavy (non-hydrogen) atoms. The Hall–Kier alpha value is -2.73. The van der Waals surface area contributed by atoms with Crippen LogP contribution in [-0.4, -0.2) is 16.1 Å². The first kappa shape index (κ1) is 15.7. The summed E-state index contributed by atoms with van der Waals surface area (Å²) in [5.41, 5.74) is 2.63. The molecule has 3 N–H and O–H groups in total. The monoisotopic (exact) mass is 299 g/mol. The molecular formula is C16H17N3O3. The first-order chi connectivity index (χ1) is 10.5. The number of amides is 1. The number of aryl methyl sites for hydroxylation is 1. The van der Waals surface area contributed by atoms with E-state index in [1.807, 2.05) is 0 Å². The van der Waals surface area contributed by atoms with Gasteiger partial charge in [0.2, 0.25) is 5.91 Å². The van der Waals surface area contributed by atoms with E-state index in [0.717, 1.165) is 0 Å². The van der Waals surface area contributed by atoms with Gasteiger partial charge in [0, 0.05) is 18.6 Å². The van der Waals surface area contributed by atoms with Crippen molar-refractivity contribution >= 4 is 23.0 Å². The second kappa shape index (κ2) is 6.82. The van der Waals surface area contributed by atoms with Crippen LogP contribution in [-0.2, 0) is 11.4 Å². The molecule has 0 saturated heterocycles. The SMILES string of the molecule is CC(=O)Nc1cc(O)c(C)cc1/N=N/c1ccccc1CO. The fourth-order valence-corrected chi connectivity index (χ4v) is 1.90. The lowest BCUT2D eigenvalue weighted by molar-refractivity contribution is -0.114. The van der Waals surface area contributed by atoms with E-state index >= 15 is 0 Å². The summed E-state index contributed by atoms with van der Waals surface area (Å²) in [7, 11) is 0. The van der Waals surface area contributed by atoms with E-state index in [4.69, 9.17) is 0 Å². The standard InChI is InChI=1S/C16H17N3O3/c1-10-7-15(14(8-16(10)22)17-11(2)21)19-18-13-6-4-3-5-12(13)9-20/h3-8,20,22H,9H2,1-2H3,(H,17,21)/b19-18+. The number of hydrogen-bond donors (Lipinski definition) is 3. The summed E-state index contributed by atoms with van der Waals surface area (Å²) in [5, 5.41) is 29.9. The van der Waals surface area contributed by atoms with Gasteiger partial charge in [-0.05, 0) is 24.6 Å². The highest BCUT2D eigenvalue weighted by Crippen LogP contribution is 2.33. The molecule has 0 atom stereocenters. The van der Waals surface area contributed by atoms with Crippen LogP contribution in [0.5, 0.6) is 5.75 Å². The average Bonchev–Trinajstić information content (AvgIpc) is 2.49. The zero-order valence-electron chi connectivity index (χ0n) is 12.4. The molecule has 2 aromatic rings. The first-order valence-corrected chi connectivity index (χ1v) is 6.73. The van der Waals surface area contributed by atoms with Crippen molar-refractivity contribution in [3.8, 4) is 5.75 Å². The summed E-state index contributed by atoms with van der Waals surface area (Å²) in [6, 6.07) is 10.2. The summed E-state index contributed by atoms with van der Waals surface area (Å²) in [4.78, 5) is 11.2. The number of carbonyl (C=O) groups excluding carboxylic acids is 1. The molecular weight excluding hydrogens is 282 g/mol. The van der Waals surface area contributed by atoms with Crippen LogP contribution in [0.3, 0.4) is 0 Å². The number of phenolic OH excluding ortho intramolecular Hbond substituents is 1. The molecule has 0 aromatic heterocycles. The van der Waals surface area contributed by atoms with E-state index < -0.39 is 0 Å². The average molecular weight is 299 g/mol. The molecule has 0 fully saturated rings. The number of phenols is 1. The second-order valence-corrected chi connectivity index (χ2v) is 4.82. The van der Waals surface area contributed by atoms with Crippen LogP contribution in [0.15, 0.2) is 46.6 Å². The Morgan fingerprint density at radius 1 is 1.18 bits per heavy atom. The number of aromatic hydroxyl groups is 1. The molecule has 0 spiro atoms. The Kier molecular flexibility index (Phi) is 4.85. The highest BCUT2D eigenvalue weighted by atomic mass is 16.3. The fraction of sp³-hybridized carbons (Fsp3) is 0.188. The van der Waals surface area contributed by atoms with Gasteiger partial charge in [-0.1, -0.05) is 18.2 Å². The molecule has 0 saturated carbocycles. The van der Waals surface area contributed by atoms with Crippen molar-refractivity contribution < 1.29 is 15.0 Å². The van der Waals surface area contributed by atoms with E-state index in [2.05, 4.69) is 15.5 Å². The highest BCUT2D eigenvalue weighted by Gasteiger charge is 2.08. The zero-order valence-corrected chi connectivity index (χ0v) is 12.4. The molecule has 2 rings (SSSR count). The zero-order chi connectivity index (χ0) is 16.1. The van der Waals surface area contributed by atoms with Crippen LogP contribution in [0.4, 0.5) is 17.1 Å². The van der Waals surface area contributed by atoms with Gasteiger partial charge in [0.1, 0.15) is 11.4 Å². The molecule has 2 aromatic carbocycles. The molecule has 1 amide bonds. The third kappa shape index (κ3) is 3.67. The minimum absolute atomic E-state index is 0.0680. The van der Waals surface area contributed by atoms with Crippen molar-refractivity contribution in [2.24, 2.45) is 10.2 Å². The van der Waals surface area contributed by atoms with Gasteiger partial charge >= 0.3 is 0 Å². The van der Waals surface area contributed by atoms with Crippen LogP contribution in [0.1, 0.15) is 18.1 Å². The summed E-state index contributed by atoms with van der Waals surface area (Å²) < 4.78 is 0. The molecule has 6 heteroatoms. The van der Waals surface area contributed by atoms with Gasteiger partial charge in [0.05, 0.1) is 18.0 Å². The predicted octanol–water partition coefficient (Wildman–Crippen LogP) is 3.57. The Labute approximate surface area is 128 Å². The number of nitrogens with one attached hydrogen (secondary N) is 1. The number of carbonyl (C=O) groups is 1. The maximum Gasteiger partial charge on any atom is 0.221 e. The lowest BCUT2D eigenvalue weighted by Crippen LogP contribution is -2.05. The molecule has 0 bridgehead atoms.